The number of carboxylic acids is 1. The number of rotatable bonds is 4. The van der Waals surface area contributed by atoms with Gasteiger partial charge in [-0.3, -0.25) is 14.5 Å². The fourth-order valence-corrected chi connectivity index (χ4v) is 3.22. The number of carbonyl (C=O) groups excluding carboxylic acids is 1. The van der Waals surface area contributed by atoms with Gasteiger partial charge in [0.05, 0.1) is 6.54 Å². The maximum atomic E-state index is 12.8. The first-order chi connectivity index (χ1) is 10.9. The van der Waals surface area contributed by atoms with Crippen molar-refractivity contribution in [3.8, 4) is 0 Å². The molecule has 1 saturated heterocycles. The Bertz CT molecular complexity index is 586. The van der Waals surface area contributed by atoms with Crippen molar-refractivity contribution in [1.82, 2.24) is 9.80 Å². The number of hydrogen-bond donors (Lipinski definition) is 1. The molecule has 126 valence electrons. The molecule has 1 heterocycles. The van der Waals surface area contributed by atoms with Crippen molar-refractivity contribution in [2.24, 2.45) is 0 Å². The van der Waals surface area contributed by atoms with Crippen LogP contribution in [0.5, 0.6) is 0 Å². The zero-order valence-electron chi connectivity index (χ0n) is 14.2. The van der Waals surface area contributed by atoms with Gasteiger partial charge in [0.1, 0.15) is 0 Å². The highest BCUT2D eigenvalue weighted by Crippen LogP contribution is 2.20. The molecular formula is C18H26N2O3. The van der Waals surface area contributed by atoms with Gasteiger partial charge >= 0.3 is 5.97 Å². The minimum Gasteiger partial charge on any atom is -0.480 e. The molecule has 1 aromatic carbocycles. The SMILES string of the molecule is Cc1cccc(C(=O)N2CCCC(N(C)CC(=O)O)CC2)c1C. The first kappa shape index (κ1) is 17.5. The molecule has 23 heavy (non-hydrogen) atoms. The first-order valence-corrected chi connectivity index (χ1v) is 8.17. The van der Waals surface area contributed by atoms with Gasteiger partial charge in [0.15, 0.2) is 0 Å². The summed E-state index contributed by atoms with van der Waals surface area (Å²) in [7, 11) is 1.85. The van der Waals surface area contributed by atoms with Crippen LogP contribution < -0.4 is 0 Å². The normalized spacial score (nSPS) is 18.8. The van der Waals surface area contributed by atoms with Crippen LogP contribution in [-0.4, -0.2) is 59.5 Å². The third kappa shape index (κ3) is 4.32. The number of carbonyl (C=O) groups is 2. The predicted octanol–water partition coefficient (Wildman–Crippen LogP) is 2.31. The number of aryl methyl sites for hydroxylation is 1. The molecule has 2 rings (SSSR count). The highest BCUT2D eigenvalue weighted by atomic mass is 16.4. The zero-order valence-corrected chi connectivity index (χ0v) is 14.2. The van der Waals surface area contributed by atoms with Crippen LogP contribution in [0.3, 0.4) is 0 Å². The summed E-state index contributed by atoms with van der Waals surface area (Å²) in [6, 6.07) is 6.06. The molecule has 1 aliphatic rings. The Hall–Kier alpha value is -1.88. The van der Waals surface area contributed by atoms with E-state index in [4.69, 9.17) is 5.11 Å². The zero-order chi connectivity index (χ0) is 17.0. The van der Waals surface area contributed by atoms with Crippen LogP contribution in [0.2, 0.25) is 0 Å². The Kier molecular flexibility index (Phi) is 5.77. The smallest absolute Gasteiger partial charge is 0.317 e. The topological polar surface area (TPSA) is 60.9 Å². The highest BCUT2D eigenvalue weighted by molar-refractivity contribution is 5.96. The summed E-state index contributed by atoms with van der Waals surface area (Å²) in [4.78, 5) is 27.5. The number of hydrogen-bond acceptors (Lipinski definition) is 3. The Labute approximate surface area is 137 Å². The Morgan fingerprint density at radius 3 is 2.70 bits per heavy atom. The van der Waals surface area contributed by atoms with Crippen LogP contribution >= 0.6 is 0 Å². The highest BCUT2D eigenvalue weighted by Gasteiger charge is 2.25. The average Bonchev–Trinajstić information content (AvgIpc) is 2.74. The maximum absolute atomic E-state index is 12.8. The lowest BCUT2D eigenvalue weighted by Gasteiger charge is -2.26. The Balaban J connectivity index is 2.04. The third-order valence-corrected chi connectivity index (χ3v) is 4.83. The van der Waals surface area contributed by atoms with Gasteiger partial charge in [0.25, 0.3) is 5.91 Å². The van der Waals surface area contributed by atoms with Crippen molar-refractivity contribution >= 4 is 11.9 Å². The minimum absolute atomic E-state index is 0.0512. The molecule has 5 heteroatoms. The molecule has 0 saturated carbocycles. The van der Waals surface area contributed by atoms with Crippen molar-refractivity contribution in [1.29, 1.82) is 0 Å². The Morgan fingerprint density at radius 1 is 1.26 bits per heavy atom. The van der Waals surface area contributed by atoms with E-state index in [0.717, 1.165) is 42.5 Å². The van der Waals surface area contributed by atoms with Gasteiger partial charge in [0.2, 0.25) is 0 Å². The summed E-state index contributed by atoms with van der Waals surface area (Å²) in [5, 5.41) is 8.92. The monoisotopic (exact) mass is 318 g/mol. The molecule has 1 aromatic rings. The van der Waals surface area contributed by atoms with E-state index >= 15 is 0 Å². The predicted molar refractivity (Wildman–Crippen MR) is 89.7 cm³/mol. The van der Waals surface area contributed by atoms with Gasteiger partial charge in [-0.2, -0.15) is 0 Å². The van der Waals surface area contributed by atoms with E-state index in [1.54, 1.807) is 0 Å². The van der Waals surface area contributed by atoms with Crippen LogP contribution in [0.25, 0.3) is 0 Å². The van der Waals surface area contributed by atoms with Crippen molar-refractivity contribution in [2.45, 2.75) is 39.2 Å². The summed E-state index contributed by atoms with van der Waals surface area (Å²) in [5.41, 5.74) is 2.95. The van der Waals surface area contributed by atoms with Crippen LogP contribution in [0.4, 0.5) is 0 Å². The molecule has 1 aliphatic heterocycles. The van der Waals surface area contributed by atoms with Crippen molar-refractivity contribution < 1.29 is 14.7 Å². The number of nitrogens with zero attached hydrogens (tertiary/aromatic N) is 2. The van der Waals surface area contributed by atoms with E-state index in [2.05, 4.69) is 0 Å². The number of amides is 1. The molecule has 0 spiro atoms. The molecule has 1 N–H and O–H groups in total. The molecule has 0 radical (unpaired) electrons. The Morgan fingerprint density at radius 2 is 2.00 bits per heavy atom. The summed E-state index contributed by atoms with van der Waals surface area (Å²) < 4.78 is 0. The van der Waals surface area contributed by atoms with Gasteiger partial charge in [0, 0.05) is 24.7 Å². The molecule has 0 bridgehead atoms. The summed E-state index contributed by atoms with van der Waals surface area (Å²) in [6.07, 6.45) is 2.66. The number of benzene rings is 1. The number of aliphatic carboxylic acids is 1. The first-order valence-electron chi connectivity index (χ1n) is 8.17. The fraction of sp³-hybridized carbons (Fsp3) is 0.556. The largest absolute Gasteiger partial charge is 0.480 e. The lowest BCUT2D eigenvalue weighted by molar-refractivity contribution is -0.138. The van der Waals surface area contributed by atoms with Gasteiger partial charge < -0.3 is 10.0 Å². The maximum Gasteiger partial charge on any atom is 0.317 e. The van der Waals surface area contributed by atoms with E-state index in [1.807, 2.05) is 48.9 Å². The van der Waals surface area contributed by atoms with Crippen molar-refractivity contribution in [3.63, 3.8) is 0 Å². The van der Waals surface area contributed by atoms with E-state index < -0.39 is 5.97 Å². The average molecular weight is 318 g/mol. The number of likely N-dealkylation sites (tertiary alicyclic amines) is 1. The van der Waals surface area contributed by atoms with E-state index in [9.17, 15) is 9.59 Å². The quantitative estimate of drug-likeness (QED) is 0.925. The standard InChI is InChI=1S/C18H26N2O3/c1-13-6-4-8-16(14(13)2)18(23)20-10-5-7-15(9-11-20)19(3)12-17(21)22/h4,6,8,15H,5,7,9-12H2,1-3H3,(H,21,22). The molecule has 1 amide bonds. The molecule has 5 nitrogen and oxygen atoms in total. The second kappa shape index (κ2) is 7.59. The molecule has 1 fully saturated rings. The lowest BCUT2D eigenvalue weighted by Crippen LogP contribution is -2.37. The molecule has 0 aromatic heterocycles. The number of likely N-dealkylation sites (N-methyl/N-ethyl adjacent to an activating group) is 1. The van der Waals surface area contributed by atoms with E-state index in [0.29, 0.717) is 6.54 Å². The number of carboxylic acid groups (broad SMARTS) is 1. The van der Waals surface area contributed by atoms with Crippen LogP contribution in [0, 0.1) is 13.8 Å². The van der Waals surface area contributed by atoms with E-state index in [1.165, 1.54) is 0 Å². The minimum atomic E-state index is -0.805. The van der Waals surface area contributed by atoms with E-state index in [-0.39, 0.29) is 18.5 Å². The van der Waals surface area contributed by atoms with Crippen LogP contribution in [0.15, 0.2) is 18.2 Å². The molecule has 1 unspecified atom stereocenters. The van der Waals surface area contributed by atoms with Gasteiger partial charge in [-0.25, -0.2) is 0 Å². The second-order valence-corrected chi connectivity index (χ2v) is 6.43. The summed E-state index contributed by atoms with van der Waals surface area (Å²) in [5.74, 6) is -0.715. The van der Waals surface area contributed by atoms with Gasteiger partial charge in [-0.1, -0.05) is 12.1 Å². The summed E-state index contributed by atoms with van der Waals surface area (Å²) in [6.45, 7) is 5.48. The lowest BCUT2D eigenvalue weighted by atomic mass is 10.0. The molecule has 0 aliphatic carbocycles. The second-order valence-electron chi connectivity index (χ2n) is 6.43. The van der Waals surface area contributed by atoms with Gasteiger partial charge in [-0.05, 0) is 57.4 Å². The van der Waals surface area contributed by atoms with Crippen molar-refractivity contribution in [2.75, 3.05) is 26.7 Å². The van der Waals surface area contributed by atoms with Crippen LogP contribution in [0.1, 0.15) is 40.7 Å². The summed E-state index contributed by atoms with van der Waals surface area (Å²) >= 11 is 0. The van der Waals surface area contributed by atoms with Gasteiger partial charge in [-0.15, -0.1) is 0 Å². The molecular weight excluding hydrogens is 292 g/mol. The fourth-order valence-electron chi connectivity index (χ4n) is 3.22. The third-order valence-electron chi connectivity index (χ3n) is 4.83. The molecule has 1 atom stereocenters. The van der Waals surface area contributed by atoms with Crippen LogP contribution in [-0.2, 0) is 4.79 Å². The van der Waals surface area contributed by atoms with Crippen molar-refractivity contribution in [3.05, 3.63) is 34.9 Å².